The molecule has 1 aliphatic heterocycles. The van der Waals surface area contributed by atoms with E-state index in [0.29, 0.717) is 17.8 Å². The van der Waals surface area contributed by atoms with Crippen molar-refractivity contribution in [2.45, 2.75) is 58.1 Å². The Balaban J connectivity index is 1.48. The minimum absolute atomic E-state index is 0.0234. The number of carbonyl (C=O) groups excluding carboxylic acids is 1. The fourth-order valence-electron chi connectivity index (χ4n) is 7.57. The van der Waals surface area contributed by atoms with Crippen LogP contribution in [0.1, 0.15) is 51.5 Å². The molecule has 3 saturated carbocycles. The normalized spacial score (nSPS) is 44.0. The number of carbonyl (C=O) groups is 1. The smallest absolute Gasteiger partial charge is 0.246 e. The Morgan fingerprint density at radius 3 is 2.73 bits per heavy atom. The van der Waals surface area contributed by atoms with Crippen molar-refractivity contribution >= 4 is 12.0 Å². The predicted octanol–water partition coefficient (Wildman–Crippen LogP) is 4.39. The number of nitrogens with zero attached hydrogens (tertiary/aromatic N) is 1. The topological polar surface area (TPSA) is 60.8 Å². The van der Waals surface area contributed by atoms with Crippen molar-refractivity contribution < 1.29 is 15.0 Å². The zero-order chi connectivity index (χ0) is 21.3. The first-order valence-corrected chi connectivity index (χ1v) is 11.4. The van der Waals surface area contributed by atoms with Gasteiger partial charge in [-0.3, -0.25) is 4.79 Å². The Morgan fingerprint density at radius 2 is 1.97 bits per heavy atom. The standard InChI is InChI=1S/C26H33NO3/c1-25-12-10-23(29)27(3)22(25)8-7-19-20(25)9-11-26(2)21(19)15-17(24(26)30)13-16-5-4-6-18(28)14-16/h4-6,10,12-14,19-22,24,28,30H,7-9,11,15H2,1-3H3/b17-13-/t19-,20+,21+,22-,24+,25-,26+/m1/s1. The number of aromatic hydroxyl groups is 1. The largest absolute Gasteiger partial charge is 0.508 e. The molecule has 3 aliphatic carbocycles. The van der Waals surface area contributed by atoms with Gasteiger partial charge in [-0.25, -0.2) is 0 Å². The Labute approximate surface area is 179 Å². The molecule has 3 fully saturated rings. The van der Waals surface area contributed by atoms with E-state index < -0.39 is 6.10 Å². The number of likely N-dealkylation sites (N-methyl/N-ethyl adjacent to an activating group) is 1. The highest BCUT2D eigenvalue weighted by Crippen LogP contribution is 2.65. The molecule has 4 nitrogen and oxygen atoms in total. The summed E-state index contributed by atoms with van der Waals surface area (Å²) in [5, 5.41) is 21.2. The van der Waals surface area contributed by atoms with Gasteiger partial charge in [-0.1, -0.05) is 38.1 Å². The summed E-state index contributed by atoms with van der Waals surface area (Å²) in [4.78, 5) is 14.2. The fraction of sp³-hybridized carbons (Fsp3) is 0.577. The van der Waals surface area contributed by atoms with Crippen molar-refractivity contribution in [3.05, 3.63) is 47.6 Å². The highest BCUT2D eigenvalue weighted by atomic mass is 16.3. The molecule has 0 spiro atoms. The van der Waals surface area contributed by atoms with Crippen LogP contribution in [0.3, 0.4) is 0 Å². The lowest BCUT2D eigenvalue weighted by Crippen LogP contribution is -2.59. The van der Waals surface area contributed by atoms with Crippen molar-refractivity contribution in [1.29, 1.82) is 0 Å². The van der Waals surface area contributed by atoms with Gasteiger partial charge in [0.1, 0.15) is 5.75 Å². The molecule has 1 amide bonds. The lowest BCUT2D eigenvalue weighted by atomic mass is 9.48. The average molecular weight is 408 g/mol. The Morgan fingerprint density at radius 1 is 1.17 bits per heavy atom. The van der Waals surface area contributed by atoms with Crippen molar-refractivity contribution in [2.24, 2.45) is 28.6 Å². The summed E-state index contributed by atoms with van der Waals surface area (Å²) < 4.78 is 0. The van der Waals surface area contributed by atoms with E-state index in [0.717, 1.165) is 43.2 Å². The van der Waals surface area contributed by atoms with Gasteiger partial charge in [-0.2, -0.15) is 0 Å². The third kappa shape index (κ3) is 2.72. The number of phenols is 1. The minimum atomic E-state index is -0.428. The number of benzene rings is 1. The second-order valence-electron chi connectivity index (χ2n) is 10.6. The first-order chi connectivity index (χ1) is 14.2. The predicted molar refractivity (Wildman–Crippen MR) is 118 cm³/mol. The molecule has 0 radical (unpaired) electrons. The van der Waals surface area contributed by atoms with Crippen LogP contribution in [0.15, 0.2) is 42.0 Å². The zero-order valence-corrected chi connectivity index (χ0v) is 18.2. The Kier molecular flexibility index (Phi) is 4.45. The van der Waals surface area contributed by atoms with E-state index in [-0.39, 0.29) is 28.5 Å². The van der Waals surface area contributed by atoms with Gasteiger partial charge in [0, 0.05) is 23.9 Å². The van der Waals surface area contributed by atoms with Gasteiger partial charge in [0.2, 0.25) is 5.91 Å². The van der Waals surface area contributed by atoms with Crippen LogP contribution in [0.2, 0.25) is 0 Å². The fourth-order valence-corrected chi connectivity index (χ4v) is 7.57. The third-order valence-corrected chi connectivity index (χ3v) is 9.22. The van der Waals surface area contributed by atoms with Gasteiger partial charge in [0.25, 0.3) is 0 Å². The van der Waals surface area contributed by atoms with Crippen LogP contribution in [0.5, 0.6) is 5.75 Å². The van der Waals surface area contributed by atoms with Crippen molar-refractivity contribution in [3.8, 4) is 5.75 Å². The van der Waals surface area contributed by atoms with Crippen LogP contribution in [0, 0.1) is 28.6 Å². The van der Waals surface area contributed by atoms with Crippen molar-refractivity contribution in [3.63, 3.8) is 0 Å². The molecule has 160 valence electrons. The highest BCUT2D eigenvalue weighted by Gasteiger charge is 2.61. The number of fused-ring (bicyclic) bond motifs is 5. The quantitative estimate of drug-likeness (QED) is 0.726. The molecule has 4 aliphatic rings. The number of aliphatic hydroxyl groups is 1. The van der Waals surface area contributed by atoms with Crippen molar-refractivity contribution in [2.75, 3.05) is 7.05 Å². The van der Waals surface area contributed by atoms with E-state index in [9.17, 15) is 15.0 Å². The van der Waals surface area contributed by atoms with Crippen molar-refractivity contribution in [1.82, 2.24) is 4.90 Å². The second-order valence-corrected chi connectivity index (χ2v) is 10.6. The number of amides is 1. The molecule has 7 atom stereocenters. The van der Waals surface area contributed by atoms with Gasteiger partial charge in [-0.05, 0) is 79.2 Å². The summed E-state index contributed by atoms with van der Waals surface area (Å²) in [5.74, 6) is 1.97. The number of hydrogen-bond acceptors (Lipinski definition) is 3. The van der Waals surface area contributed by atoms with Crippen LogP contribution in [-0.2, 0) is 4.79 Å². The van der Waals surface area contributed by atoms with Gasteiger partial charge >= 0.3 is 0 Å². The third-order valence-electron chi connectivity index (χ3n) is 9.22. The molecule has 5 rings (SSSR count). The van der Waals surface area contributed by atoms with E-state index in [1.807, 2.05) is 24.1 Å². The first kappa shape index (κ1) is 19.9. The van der Waals surface area contributed by atoms with Crippen LogP contribution < -0.4 is 0 Å². The summed E-state index contributed by atoms with van der Waals surface area (Å²) in [5.41, 5.74) is 1.99. The lowest BCUT2D eigenvalue weighted by molar-refractivity contribution is -0.140. The zero-order valence-electron chi connectivity index (χ0n) is 18.2. The van der Waals surface area contributed by atoms with E-state index in [1.54, 1.807) is 18.2 Å². The van der Waals surface area contributed by atoms with E-state index in [4.69, 9.17) is 0 Å². The molecular formula is C26H33NO3. The van der Waals surface area contributed by atoms with Gasteiger partial charge in [0.05, 0.1) is 6.10 Å². The summed E-state index contributed by atoms with van der Waals surface area (Å²) in [7, 11) is 1.96. The number of hydrogen-bond donors (Lipinski definition) is 2. The maximum absolute atomic E-state index is 12.2. The van der Waals surface area contributed by atoms with Gasteiger partial charge in [0.15, 0.2) is 0 Å². The van der Waals surface area contributed by atoms with E-state index in [1.165, 1.54) is 0 Å². The Bertz CT molecular complexity index is 936. The molecule has 1 heterocycles. The van der Waals surface area contributed by atoms with E-state index >= 15 is 0 Å². The maximum atomic E-state index is 12.2. The van der Waals surface area contributed by atoms with Gasteiger partial charge < -0.3 is 15.1 Å². The minimum Gasteiger partial charge on any atom is -0.508 e. The molecule has 0 aromatic heterocycles. The molecule has 0 unspecified atom stereocenters. The molecule has 4 heteroatoms. The lowest BCUT2D eigenvalue weighted by Gasteiger charge is -2.59. The second kappa shape index (κ2) is 6.71. The highest BCUT2D eigenvalue weighted by molar-refractivity contribution is 5.89. The molecule has 30 heavy (non-hydrogen) atoms. The van der Waals surface area contributed by atoms with Gasteiger partial charge in [-0.15, -0.1) is 0 Å². The number of rotatable bonds is 1. The maximum Gasteiger partial charge on any atom is 0.246 e. The van der Waals surface area contributed by atoms with E-state index in [2.05, 4.69) is 26.0 Å². The summed E-state index contributed by atoms with van der Waals surface area (Å²) in [6, 6.07) is 7.56. The summed E-state index contributed by atoms with van der Waals surface area (Å²) in [6.07, 6.45) is 10.9. The van der Waals surface area contributed by atoms with Crippen LogP contribution in [0.4, 0.5) is 0 Å². The van der Waals surface area contributed by atoms with Crippen LogP contribution in [0.25, 0.3) is 6.08 Å². The summed E-state index contributed by atoms with van der Waals surface area (Å²) >= 11 is 0. The molecule has 1 aromatic carbocycles. The Hall–Kier alpha value is -2.07. The molecule has 1 aromatic rings. The molecular weight excluding hydrogens is 374 g/mol. The molecule has 2 N–H and O–H groups in total. The van der Waals surface area contributed by atoms with Crippen LogP contribution in [-0.4, -0.2) is 40.2 Å². The molecule has 0 bridgehead atoms. The SMILES string of the molecule is CN1C(=O)C=C[C@]2(C)[C@H]3CC[C@]4(C)[C@@H](O)/C(=C\c5cccc(O)c5)C[C@H]4[C@@H]3CC[C@@H]12. The monoisotopic (exact) mass is 407 g/mol. The molecule has 0 saturated heterocycles. The average Bonchev–Trinajstić information content (AvgIpc) is 2.96. The van der Waals surface area contributed by atoms with Crippen LogP contribution >= 0.6 is 0 Å². The first-order valence-electron chi connectivity index (χ1n) is 11.4. The summed E-state index contributed by atoms with van der Waals surface area (Å²) in [6.45, 7) is 4.63. The number of aliphatic hydroxyl groups excluding tert-OH is 1. The number of phenolic OH excluding ortho intramolecular Hbond substituents is 1.